The first-order valence-corrected chi connectivity index (χ1v) is 14.3. The van der Waals surface area contributed by atoms with Gasteiger partial charge in [-0.25, -0.2) is 23.4 Å². The third-order valence-corrected chi connectivity index (χ3v) is 7.51. The van der Waals surface area contributed by atoms with Crippen LogP contribution in [-0.2, 0) is 23.1 Å². The number of nitrogens with zero attached hydrogens (tertiary/aromatic N) is 5. The second kappa shape index (κ2) is 10.5. The van der Waals surface area contributed by atoms with E-state index in [4.69, 9.17) is 9.72 Å². The molecule has 0 unspecified atom stereocenters. The van der Waals surface area contributed by atoms with Crippen molar-refractivity contribution in [3.05, 3.63) is 65.6 Å². The Hall–Kier alpha value is -3.77. The van der Waals surface area contributed by atoms with Crippen molar-refractivity contribution in [1.29, 1.82) is 0 Å². The summed E-state index contributed by atoms with van der Waals surface area (Å²) in [4.78, 5) is 30.8. The quantitative estimate of drug-likeness (QED) is 0.467. The first-order valence-electron chi connectivity index (χ1n) is 12.4. The van der Waals surface area contributed by atoms with Gasteiger partial charge in [0, 0.05) is 67.0 Å². The molecule has 2 aliphatic heterocycles. The van der Waals surface area contributed by atoms with E-state index in [9.17, 15) is 13.2 Å². The molecule has 0 radical (unpaired) electrons. The highest BCUT2D eigenvalue weighted by Gasteiger charge is 2.35. The molecule has 1 aromatic carbocycles. The molecule has 4 heterocycles. The molecule has 2 atom stereocenters. The number of hydrogen-bond acceptors (Lipinski definition) is 9. The van der Waals surface area contributed by atoms with Gasteiger partial charge in [-0.05, 0) is 44.0 Å². The normalized spacial score (nSPS) is 19.6. The van der Waals surface area contributed by atoms with E-state index < -0.39 is 10.0 Å². The number of amides is 1. The van der Waals surface area contributed by atoms with Gasteiger partial charge in [0.25, 0.3) is 5.91 Å². The van der Waals surface area contributed by atoms with E-state index in [1.54, 1.807) is 13.2 Å². The fourth-order valence-electron chi connectivity index (χ4n) is 5.08. The molecule has 3 aromatic rings. The molecule has 5 rings (SSSR count). The minimum atomic E-state index is -3.48. The fourth-order valence-corrected chi connectivity index (χ4v) is 5.57. The standard InChI is InChI=1S/C26H31N7O4S/c1-17-11-21(8-10-33(17)25(34)18-7-9-27-24(12-18)31-38(3,35)36)32-15-19-14-28-26(30-23(19)16-32)29-20-5-4-6-22(13-20)37-2/h4-7,9,12-14,17,21H,8,10-11,15-16H2,1-3H3,(H,27,31)(H,28,29,30)/t17-,21-/m1/s1. The first kappa shape index (κ1) is 25.9. The van der Waals surface area contributed by atoms with Crippen LogP contribution in [0.2, 0.25) is 0 Å². The largest absolute Gasteiger partial charge is 0.497 e. The number of aromatic nitrogens is 3. The Labute approximate surface area is 222 Å². The molecule has 1 saturated heterocycles. The van der Waals surface area contributed by atoms with Gasteiger partial charge in [0.1, 0.15) is 11.6 Å². The highest BCUT2D eigenvalue weighted by atomic mass is 32.2. The van der Waals surface area contributed by atoms with Crippen LogP contribution in [0.3, 0.4) is 0 Å². The van der Waals surface area contributed by atoms with E-state index in [0.717, 1.165) is 54.9 Å². The van der Waals surface area contributed by atoms with Crippen LogP contribution >= 0.6 is 0 Å². The lowest BCUT2D eigenvalue weighted by Crippen LogP contribution is -2.50. The number of hydrogen-bond donors (Lipinski definition) is 2. The van der Waals surface area contributed by atoms with E-state index in [1.807, 2.05) is 35.4 Å². The number of ether oxygens (including phenoxy) is 1. The second-order valence-electron chi connectivity index (χ2n) is 9.76. The molecule has 1 fully saturated rings. The fraction of sp³-hybridized carbons (Fsp3) is 0.385. The van der Waals surface area contributed by atoms with Crippen LogP contribution in [0, 0.1) is 0 Å². The molecule has 12 heteroatoms. The number of carbonyl (C=O) groups is 1. The molecule has 11 nitrogen and oxygen atoms in total. The third-order valence-electron chi connectivity index (χ3n) is 6.93. The van der Waals surface area contributed by atoms with E-state index in [-0.39, 0.29) is 17.8 Å². The van der Waals surface area contributed by atoms with Gasteiger partial charge >= 0.3 is 0 Å². The van der Waals surface area contributed by atoms with Crippen LogP contribution in [0.25, 0.3) is 0 Å². The van der Waals surface area contributed by atoms with Gasteiger partial charge in [-0.1, -0.05) is 6.07 Å². The maximum absolute atomic E-state index is 13.2. The van der Waals surface area contributed by atoms with Crippen molar-refractivity contribution in [2.75, 3.05) is 29.9 Å². The van der Waals surface area contributed by atoms with Crippen LogP contribution in [0.15, 0.2) is 48.8 Å². The number of piperidine rings is 1. The van der Waals surface area contributed by atoms with Gasteiger partial charge in [0.15, 0.2) is 0 Å². The third kappa shape index (κ3) is 5.86. The lowest BCUT2D eigenvalue weighted by atomic mass is 9.96. The zero-order valence-electron chi connectivity index (χ0n) is 21.6. The van der Waals surface area contributed by atoms with Crippen molar-refractivity contribution in [1.82, 2.24) is 24.8 Å². The first-order chi connectivity index (χ1) is 18.2. The van der Waals surface area contributed by atoms with E-state index in [1.165, 1.54) is 12.3 Å². The van der Waals surface area contributed by atoms with Gasteiger partial charge in [0.05, 0.1) is 19.1 Å². The minimum absolute atomic E-state index is 0.0285. The maximum Gasteiger partial charge on any atom is 0.254 e. The monoisotopic (exact) mass is 537 g/mol. The van der Waals surface area contributed by atoms with E-state index in [2.05, 4.69) is 31.8 Å². The van der Waals surface area contributed by atoms with Crippen molar-refractivity contribution in [3.63, 3.8) is 0 Å². The Morgan fingerprint density at radius 3 is 2.76 bits per heavy atom. The van der Waals surface area contributed by atoms with Crippen LogP contribution in [0.1, 0.15) is 41.4 Å². The van der Waals surface area contributed by atoms with Gasteiger partial charge < -0.3 is 15.0 Å². The smallest absolute Gasteiger partial charge is 0.254 e. The molecular formula is C26H31N7O4S. The molecule has 200 valence electrons. The Morgan fingerprint density at radius 2 is 2.00 bits per heavy atom. The van der Waals surface area contributed by atoms with Crippen molar-refractivity contribution in [2.45, 2.75) is 44.9 Å². The lowest BCUT2D eigenvalue weighted by Gasteiger charge is -2.41. The highest BCUT2D eigenvalue weighted by Crippen LogP contribution is 2.31. The van der Waals surface area contributed by atoms with Crippen molar-refractivity contribution >= 4 is 33.4 Å². The summed E-state index contributed by atoms with van der Waals surface area (Å²) in [6, 6.07) is 11.1. The van der Waals surface area contributed by atoms with Gasteiger partial charge in [-0.3, -0.25) is 14.4 Å². The summed E-state index contributed by atoms with van der Waals surface area (Å²) < 4.78 is 30.7. The van der Waals surface area contributed by atoms with Crippen molar-refractivity contribution in [3.8, 4) is 5.75 Å². The molecule has 2 N–H and O–H groups in total. The summed E-state index contributed by atoms with van der Waals surface area (Å²) in [6.45, 7) is 4.19. The Morgan fingerprint density at radius 1 is 1.16 bits per heavy atom. The Kier molecular flexibility index (Phi) is 7.17. The number of likely N-dealkylation sites (tertiary alicyclic amines) is 1. The van der Waals surface area contributed by atoms with Crippen LogP contribution in [-0.4, -0.2) is 71.1 Å². The van der Waals surface area contributed by atoms with Crippen LogP contribution in [0.4, 0.5) is 17.5 Å². The number of sulfonamides is 1. The molecule has 0 bridgehead atoms. The molecule has 0 spiro atoms. The Balaban J connectivity index is 1.21. The summed E-state index contributed by atoms with van der Waals surface area (Å²) in [6.07, 6.45) is 6.06. The number of carbonyl (C=O) groups excluding carboxylic acids is 1. The average molecular weight is 538 g/mol. The maximum atomic E-state index is 13.2. The number of pyridine rings is 1. The van der Waals surface area contributed by atoms with Crippen LogP contribution in [0.5, 0.6) is 5.75 Å². The van der Waals surface area contributed by atoms with Gasteiger partial charge in [-0.15, -0.1) is 0 Å². The number of fused-ring (bicyclic) bond motifs is 1. The highest BCUT2D eigenvalue weighted by molar-refractivity contribution is 7.92. The number of nitrogens with one attached hydrogen (secondary N) is 2. The second-order valence-corrected chi connectivity index (χ2v) is 11.5. The molecular weight excluding hydrogens is 506 g/mol. The van der Waals surface area contributed by atoms with E-state index in [0.29, 0.717) is 24.1 Å². The van der Waals surface area contributed by atoms with Gasteiger partial charge in [0.2, 0.25) is 16.0 Å². The number of rotatable bonds is 7. The summed E-state index contributed by atoms with van der Waals surface area (Å²) in [5.41, 5.74) is 3.41. The number of methoxy groups -OCH3 is 1. The van der Waals surface area contributed by atoms with Crippen molar-refractivity contribution < 1.29 is 17.9 Å². The molecule has 0 aliphatic carbocycles. The Bertz CT molecular complexity index is 1450. The average Bonchev–Trinajstić information content (AvgIpc) is 3.31. The zero-order chi connectivity index (χ0) is 26.9. The van der Waals surface area contributed by atoms with Crippen molar-refractivity contribution in [2.24, 2.45) is 0 Å². The SMILES string of the molecule is COc1cccc(Nc2ncc3c(n2)CN([C@@H]2CCN(C(=O)c4ccnc(NS(C)(=O)=O)c4)[C@H](C)C2)C3)c1. The number of benzene rings is 1. The van der Waals surface area contributed by atoms with E-state index >= 15 is 0 Å². The number of anilines is 3. The summed E-state index contributed by atoms with van der Waals surface area (Å²) in [5.74, 6) is 1.32. The molecule has 38 heavy (non-hydrogen) atoms. The minimum Gasteiger partial charge on any atom is -0.497 e. The topological polar surface area (TPSA) is 130 Å². The van der Waals surface area contributed by atoms with Crippen LogP contribution < -0.4 is 14.8 Å². The molecule has 2 aromatic heterocycles. The molecule has 2 aliphatic rings. The molecule has 0 saturated carbocycles. The zero-order valence-corrected chi connectivity index (χ0v) is 22.4. The van der Waals surface area contributed by atoms with Gasteiger partial charge in [-0.2, -0.15) is 0 Å². The summed E-state index contributed by atoms with van der Waals surface area (Å²) >= 11 is 0. The lowest BCUT2D eigenvalue weighted by molar-refractivity contribution is 0.0460. The summed E-state index contributed by atoms with van der Waals surface area (Å²) in [7, 11) is -1.84. The predicted octanol–water partition coefficient (Wildman–Crippen LogP) is 3.00. The predicted molar refractivity (Wildman–Crippen MR) is 144 cm³/mol. The summed E-state index contributed by atoms with van der Waals surface area (Å²) in [5, 5.41) is 3.25. The molecule has 1 amide bonds.